The van der Waals surface area contributed by atoms with Crippen LogP contribution in [-0.2, 0) is 0 Å². The lowest BCUT2D eigenvalue weighted by Gasteiger charge is -2.18. The molecule has 6 nitrogen and oxygen atoms in total. The minimum absolute atomic E-state index is 0.225. The lowest BCUT2D eigenvalue weighted by Crippen LogP contribution is -2.12. The number of methoxy groups -OCH3 is 1. The van der Waals surface area contributed by atoms with Gasteiger partial charge in [0.05, 0.1) is 30.4 Å². The molecule has 0 aliphatic heterocycles. The fraction of sp³-hybridized carbons (Fsp3) is 0.240. The molecule has 5 rings (SSSR count). The molecule has 0 amide bonds. The van der Waals surface area contributed by atoms with Crippen LogP contribution in [0.3, 0.4) is 0 Å². The van der Waals surface area contributed by atoms with Crippen LogP contribution in [0.5, 0.6) is 11.5 Å². The number of rotatable bonds is 6. The highest BCUT2D eigenvalue weighted by atomic mass is 32.1. The SMILES string of the molecule is COc1cccc(/C=C/c2nc3ccccc3n2-c2ncc(C#N)s2)c1OC1CCCC1. The number of hydrogen-bond donors (Lipinski definition) is 0. The monoisotopic (exact) mass is 442 g/mol. The van der Waals surface area contributed by atoms with Gasteiger partial charge in [0.15, 0.2) is 16.6 Å². The lowest BCUT2D eigenvalue weighted by atomic mass is 10.1. The topological polar surface area (TPSA) is 73.0 Å². The van der Waals surface area contributed by atoms with Crippen LogP contribution in [0.1, 0.15) is 41.9 Å². The first-order valence-corrected chi connectivity index (χ1v) is 11.4. The number of nitrogens with zero attached hydrogens (tertiary/aromatic N) is 4. The van der Waals surface area contributed by atoms with E-state index in [1.165, 1.54) is 24.2 Å². The molecule has 0 N–H and O–H groups in total. The van der Waals surface area contributed by atoms with Gasteiger partial charge in [-0.1, -0.05) is 35.6 Å². The molecular formula is C25H22N4O2S. The summed E-state index contributed by atoms with van der Waals surface area (Å²) >= 11 is 1.34. The summed E-state index contributed by atoms with van der Waals surface area (Å²) in [4.78, 5) is 9.81. The van der Waals surface area contributed by atoms with Crippen molar-refractivity contribution in [3.8, 4) is 22.7 Å². The molecule has 0 saturated heterocycles. The van der Waals surface area contributed by atoms with Crippen molar-refractivity contribution in [1.29, 1.82) is 5.26 Å². The Labute approximate surface area is 190 Å². The van der Waals surface area contributed by atoms with E-state index in [9.17, 15) is 5.26 Å². The number of thiazole rings is 1. The van der Waals surface area contributed by atoms with Crippen LogP contribution in [0.4, 0.5) is 0 Å². The fourth-order valence-electron chi connectivity index (χ4n) is 4.07. The van der Waals surface area contributed by atoms with Crippen LogP contribution in [0.15, 0.2) is 48.7 Å². The van der Waals surface area contributed by atoms with E-state index in [1.807, 2.05) is 59.2 Å². The third-order valence-electron chi connectivity index (χ3n) is 5.61. The van der Waals surface area contributed by atoms with Crippen LogP contribution in [0, 0.1) is 11.3 Å². The third kappa shape index (κ3) is 3.85. The third-order valence-corrected chi connectivity index (χ3v) is 6.50. The lowest BCUT2D eigenvalue weighted by molar-refractivity contribution is 0.200. The van der Waals surface area contributed by atoms with Crippen molar-refractivity contribution in [2.75, 3.05) is 7.11 Å². The van der Waals surface area contributed by atoms with Gasteiger partial charge in [-0.05, 0) is 56.0 Å². The zero-order chi connectivity index (χ0) is 21.9. The van der Waals surface area contributed by atoms with Crippen molar-refractivity contribution in [3.05, 3.63) is 64.9 Å². The van der Waals surface area contributed by atoms with Crippen LogP contribution >= 0.6 is 11.3 Å². The molecule has 0 radical (unpaired) electrons. The zero-order valence-corrected chi connectivity index (χ0v) is 18.5. The summed E-state index contributed by atoms with van der Waals surface area (Å²) in [6.07, 6.45) is 10.3. The molecule has 0 atom stereocenters. The molecule has 1 fully saturated rings. The quantitative estimate of drug-likeness (QED) is 0.374. The summed E-state index contributed by atoms with van der Waals surface area (Å²) in [6, 6.07) is 16.0. The molecule has 160 valence electrons. The van der Waals surface area contributed by atoms with Gasteiger partial charge in [0.1, 0.15) is 16.8 Å². The van der Waals surface area contributed by atoms with Crippen molar-refractivity contribution < 1.29 is 9.47 Å². The molecule has 2 aromatic heterocycles. The normalized spacial score (nSPS) is 14.2. The van der Waals surface area contributed by atoms with E-state index in [-0.39, 0.29) is 6.10 Å². The predicted octanol–water partition coefficient (Wildman–Crippen LogP) is 5.85. The summed E-state index contributed by atoms with van der Waals surface area (Å²) in [7, 11) is 1.67. The van der Waals surface area contributed by atoms with Crippen LogP contribution < -0.4 is 9.47 Å². The van der Waals surface area contributed by atoms with Crippen molar-refractivity contribution >= 4 is 34.5 Å². The second-order valence-corrected chi connectivity index (χ2v) is 8.66. The van der Waals surface area contributed by atoms with E-state index in [1.54, 1.807) is 13.3 Å². The predicted molar refractivity (Wildman–Crippen MR) is 126 cm³/mol. The second kappa shape index (κ2) is 8.85. The fourth-order valence-corrected chi connectivity index (χ4v) is 4.80. The molecule has 1 aliphatic rings. The van der Waals surface area contributed by atoms with E-state index in [4.69, 9.17) is 14.5 Å². The first kappa shape index (κ1) is 20.3. The van der Waals surface area contributed by atoms with Crippen LogP contribution in [0.25, 0.3) is 28.3 Å². The largest absolute Gasteiger partial charge is 0.493 e. The summed E-state index contributed by atoms with van der Waals surface area (Å²) in [6.45, 7) is 0. The average molecular weight is 443 g/mol. The molecule has 4 aromatic rings. The maximum Gasteiger partial charge on any atom is 0.197 e. The van der Waals surface area contributed by atoms with Crippen molar-refractivity contribution in [2.45, 2.75) is 31.8 Å². The van der Waals surface area contributed by atoms with Gasteiger partial charge in [0.2, 0.25) is 0 Å². The summed E-state index contributed by atoms with van der Waals surface area (Å²) in [5, 5.41) is 9.95. The Hall–Kier alpha value is -3.63. The number of nitriles is 1. The number of hydrogen-bond acceptors (Lipinski definition) is 6. The van der Waals surface area contributed by atoms with E-state index >= 15 is 0 Å². The Balaban J connectivity index is 1.57. The van der Waals surface area contributed by atoms with Gasteiger partial charge in [-0.15, -0.1) is 0 Å². The Bertz CT molecular complexity index is 1330. The molecule has 7 heteroatoms. The number of aromatic nitrogens is 3. The smallest absolute Gasteiger partial charge is 0.197 e. The van der Waals surface area contributed by atoms with Crippen molar-refractivity contribution in [1.82, 2.24) is 14.5 Å². The molecule has 0 bridgehead atoms. The maximum absolute atomic E-state index is 9.24. The number of fused-ring (bicyclic) bond motifs is 1. The van der Waals surface area contributed by atoms with Gasteiger partial charge in [0.25, 0.3) is 0 Å². The summed E-state index contributed by atoms with van der Waals surface area (Å²) < 4.78 is 13.9. The van der Waals surface area contributed by atoms with E-state index < -0.39 is 0 Å². The first-order chi connectivity index (χ1) is 15.8. The molecule has 2 aromatic carbocycles. The highest BCUT2D eigenvalue weighted by molar-refractivity contribution is 7.14. The summed E-state index contributed by atoms with van der Waals surface area (Å²) in [5.41, 5.74) is 2.75. The number of para-hydroxylation sites is 3. The molecule has 32 heavy (non-hydrogen) atoms. The van der Waals surface area contributed by atoms with Crippen molar-refractivity contribution in [2.24, 2.45) is 0 Å². The van der Waals surface area contributed by atoms with E-state index in [0.717, 1.165) is 46.8 Å². The minimum Gasteiger partial charge on any atom is -0.493 e. The van der Waals surface area contributed by atoms with Gasteiger partial charge in [-0.3, -0.25) is 4.57 Å². The molecule has 1 aliphatic carbocycles. The zero-order valence-electron chi connectivity index (χ0n) is 17.7. The van der Waals surface area contributed by atoms with Gasteiger partial charge >= 0.3 is 0 Å². The van der Waals surface area contributed by atoms with E-state index in [2.05, 4.69) is 11.1 Å². The standard InChI is InChI=1S/C25H22N4O2S/c1-30-22-12-6-7-17(24(22)31-18-8-2-3-9-18)13-14-23-28-20-10-4-5-11-21(20)29(23)25-27-16-19(15-26)32-25/h4-7,10-14,16,18H,2-3,8-9H2,1H3/b14-13+. The number of imidazole rings is 1. The van der Waals surface area contributed by atoms with Gasteiger partial charge < -0.3 is 9.47 Å². The first-order valence-electron chi connectivity index (χ1n) is 10.6. The maximum atomic E-state index is 9.24. The van der Waals surface area contributed by atoms with Crippen LogP contribution in [-0.4, -0.2) is 27.7 Å². The van der Waals surface area contributed by atoms with Gasteiger partial charge in [0, 0.05) is 5.56 Å². The van der Waals surface area contributed by atoms with Crippen LogP contribution in [0.2, 0.25) is 0 Å². The minimum atomic E-state index is 0.225. The molecule has 0 spiro atoms. The molecule has 1 saturated carbocycles. The average Bonchev–Trinajstić information content (AvgIpc) is 3.57. The molecule has 0 unspecified atom stereocenters. The Morgan fingerprint density at radius 1 is 1.12 bits per heavy atom. The van der Waals surface area contributed by atoms with Gasteiger partial charge in [-0.2, -0.15) is 5.26 Å². The van der Waals surface area contributed by atoms with Crippen molar-refractivity contribution in [3.63, 3.8) is 0 Å². The summed E-state index contributed by atoms with van der Waals surface area (Å²) in [5.74, 6) is 2.23. The second-order valence-electron chi connectivity index (χ2n) is 7.65. The van der Waals surface area contributed by atoms with Gasteiger partial charge in [-0.25, -0.2) is 9.97 Å². The molecule has 2 heterocycles. The number of ether oxygens (including phenoxy) is 2. The Morgan fingerprint density at radius 3 is 2.75 bits per heavy atom. The highest BCUT2D eigenvalue weighted by Crippen LogP contribution is 2.36. The Kier molecular flexibility index (Phi) is 5.61. The van der Waals surface area contributed by atoms with E-state index in [0.29, 0.717) is 10.0 Å². The number of benzene rings is 2. The molecular weight excluding hydrogens is 420 g/mol. The highest BCUT2D eigenvalue weighted by Gasteiger charge is 2.20. The Morgan fingerprint density at radius 2 is 1.97 bits per heavy atom.